The maximum absolute atomic E-state index is 13.3. The number of carbonyl (C=O) groups excluding carboxylic acids is 1. The Bertz CT molecular complexity index is 1210. The molecule has 0 saturated carbocycles. The van der Waals surface area contributed by atoms with Gasteiger partial charge in [-0.15, -0.1) is 0 Å². The fraction of sp³-hybridized carbons (Fsp3) is 0.292. The molecule has 2 heterocycles. The summed E-state index contributed by atoms with van der Waals surface area (Å²) in [6.07, 6.45) is 5.58. The van der Waals surface area contributed by atoms with E-state index in [9.17, 15) is 13.2 Å². The lowest BCUT2D eigenvalue weighted by Gasteiger charge is -2.27. The number of nitrogens with one attached hydrogen (secondary N) is 1. The van der Waals surface area contributed by atoms with Crippen molar-refractivity contribution in [2.24, 2.45) is 0 Å². The largest absolute Gasteiger partial charge is 0.492 e. The predicted molar refractivity (Wildman–Crippen MR) is 126 cm³/mol. The van der Waals surface area contributed by atoms with E-state index in [0.29, 0.717) is 31.2 Å². The molecule has 0 atom stereocenters. The molecule has 1 aromatic heterocycles. The number of ether oxygens (including phenoxy) is 1. The molecular weight excluding hydrogens is 440 g/mol. The highest BCUT2D eigenvalue weighted by molar-refractivity contribution is 7.89. The van der Waals surface area contributed by atoms with Gasteiger partial charge in [0, 0.05) is 36.7 Å². The molecular formula is C24H26N4O4S. The summed E-state index contributed by atoms with van der Waals surface area (Å²) >= 11 is 0. The Balaban J connectivity index is 1.56. The fourth-order valence-electron chi connectivity index (χ4n) is 3.69. The summed E-state index contributed by atoms with van der Waals surface area (Å²) in [6, 6.07) is 14.1. The highest BCUT2D eigenvalue weighted by atomic mass is 32.2. The van der Waals surface area contributed by atoms with Crippen molar-refractivity contribution in [3.8, 4) is 17.1 Å². The molecule has 33 heavy (non-hydrogen) atoms. The lowest BCUT2D eigenvalue weighted by Crippen LogP contribution is -2.35. The second kappa shape index (κ2) is 10.1. The molecule has 2 aromatic carbocycles. The molecule has 0 aliphatic carbocycles. The highest BCUT2D eigenvalue weighted by Crippen LogP contribution is 2.31. The molecule has 1 aliphatic rings. The molecule has 8 nitrogen and oxygen atoms in total. The topological polar surface area (TPSA) is 101 Å². The molecule has 1 aliphatic heterocycles. The first-order chi connectivity index (χ1) is 16.0. The second-order valence-electron chi connectivity index (χ2n) is 7.67. The number of anilines is 1. The number of hydrogen-bond donors (Lipinski definition) is 1. The van der Waals surface area contributed by atoms with Crippen LogP contribution < -0.4 is 10.1 Å². The predicted octanol–water partition coefficient (Wildman–Crippen LogP) is 3.97. The molecule has 1 saturated heterocycles. The van der Waals surface area contributed by atoms with Crippen LogP contribution >= 0.6 is 0 Å². The number of aromatic nitrogens is 2. The van der Waals surface area contributed by atoms with Gasteiger partial charge in [0.1, 0.15) is 10.6 Å². The third-order valence-electron chi connectivity index (χ3n) is 5.38. The summed E-state index contributed by atoms with van der Waals surface area (Å²) < 4.78 is 33.6. The van der Waals surface area contributed by atoms with Crippen LogP contribution in [0.3, 0.4) is 0 Å². The van der Waals surface area contributed by atoms with E-state index in [1.54, 1.807) is 19.1 Å². The van der Waals surface area contributed by atoms with Gasteiger partial charge in [0.05, 0.1) is 12.2 Å². The van der Waals surface area contributed by atoms with Crippen molar-refractivity contribution in [1.82, 2.24) is 14.3 Å². The second-order valence-corrected chi connectivity index (χ2v) is 9.58. The van der Waals surface area contributed by atoms with E-state index in [-0.39, 0.29) is 16.2 Å². The molecule has 0 bridgehead atoms. The Morgan fingerprint density at radius 3 is 2.39 bits per heavy atom. The standard InChI is InChI=1S/C24H26N4O4S/c1-2-32-21-12-11-20(15-22(21)33(30,31)28-13-7-4-8-14-28)27-24(29)19-16-25-23(26-17-19)18-9-5-3-6-10-18/h3,5-6,9-12,15-17H,2,4,7-8,13-14H2,1H3,(H,27,29). The number of amides is 1. The van der Waals surface area contributed by atoms with Crippen LogP contribution in [0.1, 0.15) is 36.5 Å². The molecule has 0 radical (unpaired) electrons. The van der Waals surface area contributed by atoms with Crippen LogP contribution in [0.4, 0.5) is 5.69 Å². The summed E-state index contributed by atoms with van der Waals surface area (Å²) in [7, 11) is -3.74. The Morgan fingerprint density at radius 2 is 1.73 bits per heavy atom. The monoisotopic (exact) mass is 466 g/mol. The number of rotatable bonds is 7. The van der Waals surface area contributed by atoms with Crippen molar-refractivity contribution in [3.05, 3.63) is 66.5 Å². The maximum Gasteiger partial charge on any atom is 0.258 e. The molecule has 0 spiro atoms. The average molecular weight is 467 g/mol. The van der Waals surface area contributed by atoms with E-state index in [1.807, 2.05) is 30.3 Å². The van der Waals surface area contributed by atoms with Gasteiger partial charge in [0.25, 0.3) is 5.91 Å². The minimum atomic E-state index is -3.74. The van der Waals surface area contributed by atoms with Gasteiger partial charge < -0.3 is 10.1 Å². The SMILES string of the molecule is CCOc1ccc(NC(=O)c2cnc(-c3ccccc3)nc2)cc1S(=O)(=O)N1CCCCC1. The minimum Gasteiger partial charge on any atom is -0.492 e. The van der Waals surface area contributed by atoms with Crippen LogP contribution in [0.25, 0.3) is 11.4 Å². The van der Waals surface area contributed by atoms with Crippen LogP contribution in [-0.2, 0) is 10.0 Å². The van der Waals surface area contributed by atoms with Crippen LogP contribution in [-0.4, -0.2) is 48.3 Å². The zero-order valence-electron chi connectivity index (χ0n) is 18.4. The summed E-state index contributed by atoms with van der Waals surface area (Å²) in [5, 5.41) is 2.74. The lowest BCUT2D eigenvalue weighted by atomic mass is 10.2. The van der Waals surface area contributed by atoms with Crippen LogP contribution in [0.5, 0.6) is 5.75 Å². The molecule has 9 heteroatoms. The minimum absolute atomic E-state index is 0.0553. The van der Waals surface area contributed by atoms with Gasteiger partial charge >= 0.3 is 0 Å². The van der Waals surface area contributed by atoms with Crippen LogP contribution in [0.2, 0.25) is 0 Å². The molecule has 172 valence electrons. The molecule has 4 rings (SSSR count). The van der Waals surface area contributed by atoms with Crippen molar-refractivity contribution in [2.45, 2.75) is 31.1 Å². The van der Waals surface area contributed by atoms with Crippen molar-refractivity contribution in [3.63, 3.8) is 0 Å². The molecule has 0 unspecified atom stereocenters. The van der Waals surface area contributed by atoms with E-state index in [2.05, 4.69) is 15.3 Å². The van der Waals surface area contributed by atoms with E-state index < -0.39 is 15.9 Å². The molecule has 1 amide bonds. The third kappa shape index (κ3) is 5.20. The molecule has 1 fully saturated rings. The molecule has 1 N–H and O–H groups in total. The Hall–Kier alpha value is -3.30. The quantitative estimate of drug-likeness (QED) is 0.565. The fourth-order valence-corrected chi connectivity index (χ4v) is 5.37. The van der Waals surface area contributed by atoms with Crippen LogP contribution in [0.15, 0.2) is 65.8 Å². The summed E-state index contributed by atoms with van der Waals surface area (Å²) in [4.78, 5) is 21.4. The third-order valence-corrected chi connectivity index (χ3v) is 7.30. The number of sulfonamides is 1. The van der Waals surface area contributed by atoms with Gasteiger partial charge in [-0.3, -0.25) is 4.79 Å². The number of carbonyl (C=O) groups is 1. The van der Waals surface area contributed by atoms with E-state index in [1.165, 1.54) is 22.8 Å². The normalized spacial score (nSPS) is 14.6. The average Bonchev–Trinajstić information content (AvgIpc) is 2.86. The van der Waals surface area contributed by atoms with Gasteiger partial charge in [-0.2, -0.15) is 4.31 Å². The zero-order chi connectivity index (χ0) is 23.3. The van der Waals surface area contributed by atoms with E-state index in [0.717, 1.165) is 24.8 Å². The molecule has 3 aromatic rings. The number of nitrogens with zero attached hydrogens (tertiary/aromatic N) is 3. The van der Waals surface area contributed by atoms with E-state index >= 15 is 0 Å². The smallest absolute Gasteiger partial charge is 0.258 e. The first kappa shape index (κ1) is 22.9. The summed E-state index contributed by atoms with van der Waals surface area (Å²) in [5.74, 6) is 0.361. The van der Waals surface area contributed by atoms with Crippen molar-refractivity contribution in [1.29, 1.82) is 0 Å². The number of piperidine rings is 1. The van der Waals surface area contributed by atoms with Crippen molar-refractivity contribution in [2.75, 3.05) is 25.0 Å². The van der Waals surface area contributed by atoms with Gasteiger partial charge in [-0.25, -0.2) is 18.4 Å². The van der Waals surface area contributed by atoms with Crippen molar-refractivity contribution >= 4 is 21.6 Å². The van der Waals surface area contributed by atoms with Crippen molar-refractivity contribution < 1.29 is 17.9 Å². The Morgan fingerprint density at radius 1 is 1.03 bits per heavy atom. The number of benzene rings is 2. The maximum atomic E-state index is 13.3. The van der Waals surface area contributed by atoms with Crippen LogP contribution in [0, 0.1) is 0 Å². The Labute approximate surface area is 193 Å². The Kier molecular flexibility index (Phi) is 7.00. The van der Waals surface area contributed by atoms with Gasteiger partial charge in [0.2, 0.25) is 10.0 Å². The van der Waals surface area contributed by atoms with Gasteiger partial charge in [-0.05, 0) is 38.0 Å². The zero-order valence-corrected chi connectivity index (χ0v) is 19.2. The highest BCUT2D eigenvalue weighted by Gasteiger charge is 2.29. The number of hydrogen-bond acceptors (Lipinski definition) is 6. The van der Waals surface area contributed by atoms with Gasteiger partial charge in [-0.1, -0.05) is 36.8 Å². The first-order valence-electron chi connectivity index (χ1n) is 10.9. The lowest BCUT2D eigenvalue weighted by molar-refractivity contribution is 0.102. The summed E-state index contributed by atoms with van der Waals surface area (Å²) in [5.41, 5.74) is 1.47. The first-order valence-corrected chi connectivity index (χ1v) is 12.4. The van der Waals surface area contributed by atoms with E-state index in [4.69, 9.17) is 4.74 Å². The van der Waals surface area contributed by atoms with Gasteiger partial charge in [0.15, 0.2) is 5.82 Å². The summed E-state index contributed by atoms with van der Waals surface area (Å²) in [6.45, 7) is 3.09.